The third kappa shape index (κ3) is 4.41. The van der Waals surface area contributed by atoms with Gasteiger partial charge in [-0.05, 0) is 18.4 Å². The van der Waals surface area contributed by atoms with Crippen molar-refractivity contribution in [3.05, 3.63) is 60.2 Å². The van der Waals surface area contributed by atoms with E-state index in [2.05, 4.69) is 22.1 Å². The molecule has 1 saturated heterocycles. The highest BCUT2D eigenvalue weighted by Gasteiger charge is 2.38. The minimum absolute atomic E-state index is 0.00372. The van der Waals surface area contributed by atoms with Crippen LogP contribution in [0.1, 0.15) is 22.5 Å². The van der Waals surface area contributed by atoms with Crippen LogP contribution in [-0.4, -0.2) is 59.8 Å². The normalized spacial score (nSPS) is 20.0. The number of benzene rings is 1. The van der Waals surface area contributed by atoms with Crippen LogP contribution >= 0.6 is 0 Å². The smallest absolute Gasteiger partial charge is 0.274 e. The molecule has 1 aliphatic heterocycles. The second-order valence-electron chi connectivity index (χ2n) is 6.04. The Kier molecular flexibility index (Phi) is 6.09. The Hall–Kier alpha value is -2.31. The lowest BCUT2D eigenvalue weighted by Gasteiger charge is -2.28. The van der Waals surface area contributed by atoms with Crippen molar-refractivity contribution >= 4 is 5.91 Å². The first-order valence-electron chi connectivity index (χ1n) is 8.51. The number of methoxy groups -OCH3 is 1. The van der Waals surface area contributed by atoms with Crippen molar-refractivity contribution < 1.29 is 14.3 Å². The van der Waals surface area contributed by atoms with E-state index < -0.39 is 0 Å². The SMILES string of the molecule is COCCO[C@@H]1CCN(C(=O)c2cnccn2)[C@H]1Cc1ccccc1. The van der Waals surface area contributed by atoms with Crippen LogP contribution in [0.2, 0.25) is 0 Å². The quantitative estimate of drug-likeness (QED) is 0.721. The summed E-state index contributed by atoms with van der Waals surface area (Å²) in [6, 6.07) is 10.2. The van der Waals surface area contributed by atoms with E-state index in [9.17, 15) is 4.79 Å². The standard InChI is InChI=1S/C19H23N3O3/c1-24-11-12-25-18-7-10-22(19(23)16-14-20-8-9-21-16)17(18)13-15-5-3-2-4-6-15/h2-6,8-9,14,17-18H,7,10-13H2,1H3/t17-,18+/m0/s1. The average Bonchev–Trinajstić information content (AvgIpc) is 3.05. The van der Waals surface area contributed by atoms with Crippen LogP contribution < -0.4 is 0 Å². The molecular formula is C19H23N3O3. The highest BCUT2D eigenvalue weighted by Crippen LogP contribution is 2.26. The molecule has 2 aromatic rings. The van der Waals surface area contributed by atoms with Crippen LogP contribution in [0.15, 0.2) is 48.9 Å². The predicted octanol–water partition coefficient (Wildman–Crippen LogP) is 1.97. The summed E-state index contributed by atoms with van der Waals surface area (Å²) in [5.74, 6) is -0.0909. The molecule has 1 aromatic carbocycles. The Labute approximate surface area is 147 Å². The maximum Gasteiger partial charge on any atom is 0.274 e. The van der Waals surface area contributed by atoms with Gasteiger partial charge in [0.2, 0.25) is 0 Å². The summed E-state index contributed by atoms with van der Waals surface area (Å²) in [5.41, 5.74) is 1.56. The summed E-state index contributed by atoms with van der Waals surface area (Å²) in [4.78, 5) is 22.9. The predicted molar refractivity (Wildman–Crippen MR) is 93.2 cm³/mol. The molecule has 0 spiro atoms. The fourth-order valence-corrected chi connectivity index (χ4v) is 3.21. The van der Waals surface area contributed by atoms with E-state index in [0.29, 0.717) is 25.5 Å². The van der Waals surface area contributed by atoms with Gasteiger partial charge in [0.25, 0.3) is 5.91 Å². The lowest BCUT2D eigenvalue weighted by atomic mass is 10.0. The lowest BCUT2D eigenvalue weighted by molar-refractivity contribution is 0.000413. The largest absolute Gasteiger partial charge is 0.382 e. The highest BCUT2D eigenvalue weighted by atomic mass is 16.5. The lowest BCUT2D eigenvalue weighted by Crippen LogP contribution is -2.42. The van der Waals surface area contributed by atoms with Crippen molar-refractivity contribution in [3.63, 3.8) is 0 Å². The molecule has 3 rings (SSSR count). The molecule has 0 N–H and O–H groups in total. The third-order valence-electron chi connectivity index (χ3n) is 4.43. The molecule has 132 valence electrons. The molecule has 0 saturated carbocycles. The van der Waals surface area contributed by atoms with Crippen LogP contribution in [0.4, 0.5) is 0 Å². The Morgan fingerprint density at radius 3 is 2.80 bits per heavy atom. The molecule has 2 heterocycles. The first-order valence-corrected chi connectivity index (χ1v) is 8.51. The Bertz CT molecular complexity index is 666. The van der Waals surface area contributed by atoms with Crippen LogP contribution in [0.5, 0.6) is 0 Å². The molecule has 0 unspecified atom stereocenters. The zero-order valence-electron chi connectivity index (χ0n) is 14.4. The first kappa shape index (κ1) is 17.5. The third-order valence-corrected chi connectivity index (χ3v) is 4.43. The summed E-state index contributed by atoms with van der Waals surface area (Å²) in [5, 5.41) is 0. The van der Waals surface area contributed by atoms with Gasteiger partial charge in [0.1, 0.15) is 5.69 Å². The maximum absolute atomic E-state index is 12.9. The number of ether oxygens (including phenoxy) is 2. The van der Waals surface area contributed by atoms with Gasteiger partial charge in [-0.15, -0.1) is 0 Å². The Balaban J connectivity index is 1.77. The van der Waals surface area contributed by atoms with Gasteiger partial charge in [-0.1, -0.05) is 30.3 Å². The second-order valence-corrected chi connectivity index (χ2v) is 6.04. The van der Waals surface area contributed by atoms with E-state index in [1.165, 1.54) is 11.8 Å². The van der Waals surface area contributed by atoms with Crippen molar-refractivity contribution in [2.24, 2.45) is 0 Å². The first-order chi connectivity index (χ1) is 12.3. The minimum atomic E-state index is -0.0909. The Morgan fingerprint density at radius 2 is 2.08 bits per heavy atom. The maximum atomic E-state index is 12.9. The number of aromatic nitrogens is 2. The monoisotopic (exact) mass is 341 g/mol. The fourth-order valence-electron chi connectivity index (χ4n) is 3.21. The summed E-state index contributed by atoms with van der Waals surface area (Å²) in [7, 11) is 1.66. The average molecular weight is 341 g/mol. The molecule has 6 nitrogen and oxygen atoms in total. The van der Waals surface area contributed by atoms with Gasteiger partial charge in [0, 0.05) is 26.0 Å². The van der Waals surface area contributed by atoms with Gasteiger partial charge < -0.3 is 14.4 Å². The van der Waals surface area contributed by atoms with Crippen molar-refractivity contribution in [3.8, 4) is 0 Å². The number of amides is 1. The summed E-state index contributed by atoms with van der Waals surface area (Å²) in [6.45, 7) is 1.73. The van der Waals surface area contributed by atoms with E-state index in [0.717, 1.165) is 12.8 Å². The highest BCUT2D eigenvalue weighted by molar-refractivity contribution is 5.92. The van der Waals surface area contributed by atoms with Gasteiger partial charge in [0.15, 0.2) is 0 Å². The molecule has 1 aliphatic rings. The number of rotatable bonds is 7. The van der Waals surface area contributed by atoms with E-state index in [4.69, 9.17) is 9.47 Å². The zero-order chi connectivity index (χ0) is 17.5. The van der Waals surface area contributed by atoms with E-state index in [-0.39, 0.29) is 18.1 Å². The van der Waals surface area contributed by atoms with Crippen LogP contribution in [0.25, 0.3) is 0 Å². The molecule has 0 aliphatic carbocycles. The molecule has 1 aromatic heterocycles. The number of carbonyl (C=O) groups excluding carboxylic acids is 1. The van der Waals surface area contributed by atoms with E-state index in [1.807, 2.05) is 23.1 Å². The minimum Gasteiger partial charge on any atom is -0.382 e. The molecule has 6 heteroatoms. The number of nitrogens with zero attached hydrogens (tertiary/aromatic N) is 3. The van der Waals surface area contributed by atoms with Gasteiger partial charge in [-0.2, -0.15) is 0 Å². The summed E-state index contributed by atoms with van der Waals surface area (Å²) < 4.78 is 11.1. The molecule has 0 bridgehead atoms. The zero-order valence-corrected chi connectivity index (χ0v) is 14.4. The number of hydrogen-bond acceptors (Lipinski definition) is 5. The fraction of sp³-hybridized carbons (Fsp3) is 0.421. The van der Waals surface area contributed by atoms with Crippen molar-refractivity contribution in [1.82, 2.24) is 14.9 Å². The molecule has 25 heavy (non-hydrogen) atoms. The number of hydrogen-bond donors (Lipinski definition) is 0. The van der Waals surface area contributed by atoms with Gasteiger partial charge in [0.05, 0.1) is 31.6 Å². The second kappa shape index (κ2) is 8.69. The van der Waals surface area contributed by atoms with Crippen molar-refractivity contribution in [1.29, 1.82) is 0 Å². The van der Waals surface area contributed by atoms with E-state index in [1.54, 1.807) is 19.5 Å². The van der Waals surface area contributed by atoms with Crippen molar-refractivity contribution in [2.45, 2.75) is 25.0 Å². The molecule has 2 atom stereocenters. The molecule has 0 radical (unpaired) electrons. The topological polar surface area (TPSA) is 64.6 Å². The molecule has 1 fully saturated rings. The Morgan fingerprint density at radius 1 is 1.24 bits per heavy atom. The van der Waals surface area contributed by atoms with Crippen molar-refractivity contribution in [2.75, 3.05) is 26.9 Å². The number of likely N-dealkylation sites (tertiary alicyclic amines) is 1. The summed E-state index contributed by atoms with van der Waals surface area (Å²) in [6.07, 6.45) is 6.19. The molecule has 1 amide bonds. The van der Waals surface area contributed by atoms with Gasteiger partial charge in [-0.25, -0.2) is 4.98 Å². The molecular weight excluding hydrogens is 318 g/mol. The van der Waals surface area contributed by atoms with Gasteiger partial charge >= 0.3 is 0 Å². The van der Waals surface area contributed by atoms with Gasteiger partial charge in [-0.3, -0.25) is 9.78 Å². The summed E-state index contributed by atoms with van der Waals surface area (Å²) >= 11 is 0. The van der Waals surface area contributed by atoms with Crippen LogP contribution in [0, 0.1) is 0 Å². The van der Waals surface area contributed by atoms with E-state index >= 15 is 0 Å². The van der Waals surface area contributed by atoms with Crippen LogP contribution in [0.3, 0.4) is 0 Å². The van der Waals surface area contributed by atoms with Crippen LogP contribution in [-0.2, 0) is 15.9 Å². The number of carbonyl (C=O) groups is 1.